The highest BCUT2D eigenvalue weighted by Crippen LogP contribution is 2.31. The van der Waals surface area contributed by atoms with Crippen molar-refractivity contribution in [3.8, 4) is 0 Å². The quantitative estimate of drug-likeness (QED) is 0.871. The lowest BCUT2D eigenvalue weighted by molar-refractivity contribution is 0.627. The first-order valence-electron chi connectivity index (χ1n) is 5.58. The third kappa shape index (κ3) is 2.85. The fourth-order valence-electron chi connectivity index (χ4n) is 1.84. The first kappa shape index (κ1) is 13.8. The Kier molecular flexibility index (Phi) is 4.02. The number of nitrogens with two attached hydrogens (primary N) is 1. The molecule has 0 aliphatic heterocycles. The van der Waals surface area contributed by atoms with Gasteiger partial charge in [0, 0.05) is 17.6 Å². The summed E-state index contributed by atoms with van der Waals surface area (Å²) in [6, 6.07) is 11.6. The fourth-order valence-corrected chi connectivity index (χ4v) is 2.18. The molecule has 2 aromatic rings. The number of benzene rings is 2. The number of para-hydroxylation sites is 1. The van der Waals surface area contributed by atoms with Crippen molar-refractivity contribution in [3.05, 3.63) is 58.9 Å². The van der Waals surface area contributed by atoms with Crippen molar-refractivity contribution < 1.29 is 4.39 Å². The molecule has 0 spiro atoms. The Morgan fingerprint density at radius 2 is 1.89 bits per heavy atom. The van der Waals surface area contributed by atoms with Gasteiger partial charge in [-0.05, 0) is 30.3 Å². The average Bonchev–Trinajstić information content (AvgIpc) is 2.38. The highest BCUT2D eigenvalue weighted by Gasteiger charge is 2.14. The summed E-state index contributed by atoms with van der Waals surface area (Å²) in [5, 5.41) is 0.540. The van der Waals surface area contributed by atoms with Gasteiger partial charge in [0.2, 0.25) is 0 Å². The van der Waals surface area contributed by atoms with Gasteiger partial charge < -0.3 is 10.6 Å². The standard InChI is InChI=1S/C14H12ClFN2S/c1-18(12-5-3-2-4-11(12)16)13-8-9(15)6-7-10(13)14(17)19/h2-8H,1H3,(H2,17,19). The van der Waals surface area contributed by atoms with Crippen LogP contribution in [0.3, 0.4) is 0 Å². The van der Waals surface area contributed by atoms with E-state index >= 15 is 0 Å². The summed E-state index contributed by atoms with van der Waals surface area (Å²) in [4.78, 5) is 1.92. The van der Waals surface area contributed by atoms with Crippen LogP contribution in [0.5, 0.6) is 0 Å². The second-order valence-electron chi connectivity index (χ2n) is 4.04. The predicted octanol–water partition coefficient (Wildman–Crippen LogP) is 3.88. The van der Waals surface area contributed by atoms with E-state index in [1.165, 1.54) is 6.07 Å². The van der Waals surface area contributed by atoms with E-state index in [2.05, 4.69) is 0 Å². The average molecular weight is 295 g/mol. The molecular formula is C14H12ClFN2S. The second-order valence-corrected chi connectivity index (χ2v) is 4.91. The van der Waals surface area contributed by atoms with Crippen LogP contribution in [0.2, 0.25) is 5.02 Å². The SMILES string of the molecule is CN(c1ccccc1F)c1cc(Cl)ccc1C(N)=S. The van der Waals surface area contributed by atoms with Crippen LogP contribution < -0.4 is 10.6 Å². The van der Waals surface area contributed by atoms with Gasteiger partial charge in [-0.2, -0.15) is 0 Å². The van der Waals surface area contributed by atoms with E-state index in [1.54, 1.807) is 48.3 Å². The first-order chi connectivity index (χ1) is 9.00. The Balaban J connectivity index is 2.55. The van der Waals surface area contributed by atoms with E-state index in [0.29, 0.717) is 22.0 Å². The van der Waals surface area contributed by atoms with Crippen LogP contribution in [0, 0.1) is 5.82 Å². The number of halogens is 2. The van der Waals surface area contributed by atoms with Crippen molar-refractivity contribution in [2.24, 2.45) is 5.73 Å². The molecule has 0 aliphatic rings. The minimum absolute atomic E-state index is 0.245. The van der Waals surface area contributed by atoms with Gasteiger partial charge in [-0.25, -0.2) is 4.39 Å². The Morgan fingerprint density at radius 1 is 1.21 bits per heavy atom. The van der Waals surface area contributed by atoms with Crippen molar-refractivity contribution in [2.45, 2.75) is 0 Å². The maximum atomic E-state index is 13.8. The number of anilines is 2. The van der Waals surface area contributed by atoms with E-state index in [4.69, 9.17) is 29.6 Å². The third-order valence-corrected chi connectivity index (χ3v) is 3.26. The number of rotatable bonds is 3. The second kappa shape index (κ2) is 5.55. The predicted molar refractivity (Wildman–Crippen MR) is 81.8 cm³/mol. The Bertz CT molecular complexity index is 631. The highest BCUT2D eigenvalue weighted by molar-refractivity contribution is 7.80. The van der Waals surface area contributed by atoms with E-state index in [0.717, 1.165) is 0 Å². The van der Waals surface area contributed by atoms with Gasteiger partial charge in [-0.1, -0.05) is 36.0 Å². The van der Waals surface area contributed by atoms with Crippen LogP contribution >= 0.6 is 23.8 Å². The van der Waals surface area contributed by atoms with Gasteiger partial charge in [0.25, 0.3) is 0 Å². The zero-order chi connectivity index (χ0) is 14.0. The van der Waals surface area contributed by atoms with Gasteiger partial charge in [0.15, 0.2) is 0 Å². The minimum Gasteiger partial charge on any atom is -0.389 e. The molecule has 5 heteroatoms. The van der Waals surface area contributed by atoms with Gasteiger partial charge >= 0.3 is 0 Å². The monoisotopic (exact) mass is 294 g/mol. The molecule has 0 bridgehead atoms. The lowest BCUT2D eigenvalue weighted by Gasteiger charge is -2.23. The summed E-state index contributed by atoms with van der Waals surface area (Å²) in [6.45, 7) is 0. The third-order valence-electron chi connectivity index (χ3n) is 2.80. The summed E-state index contributed by atoms with van der Waals surface area (Å²) >= 11 is 11.0. The first-order valence-corrected chi connectivity index (χ1v) is 6.37. The molecule has 0 saturated heterocycles. The topological polar surface area (TPSA) is 29.3 Å². The molecule has 0 radical (unpaired) electrons. The maximum Gasteiger partial charge on any atom is 0.146 e. The van der Waals surface area contributed by atoms with Crippen molar-refractivity contribution in [3.63, 3.8) is 0 Å². The maximum absolute atomic E-state index is 13.8. The minimum atomic E-state index is -0.320. The Morgan fingerprint density at radius 3 is 2.53 bits per heavy atom. The molecule has 2 N–H and O–H groups in total. The van der Waals surface area contributed by atoms with Crippen LogP contribution in [0.25, 0.3) is 0 Å². The number of nitrogens with zero attached hydrogens (tertiary/aromatic N) is 1. The molecular weight excluding hydrogens is 283 g/mol. The van der Waals surface area contributed by atoms with Gasteiger partial charge in [0.1, 0.15) is 10.8 Å². The van der Waals surface area contributed by atoms with Gasteiger partial charge in [0.05, 0.1) is 11.4 Å². The molecule has 2 nitrogen and oxygen atoms in total. The zero-order valence-electron chi connectivity index (χ0n) is 10.2. The van der Waals surface area contributed by atoms with Gasteiger partial charge in [-0.3, -0.25) is 0 Å². The molecule has 2 aromatic carbocycles. The summed E-state index contributed by atoms with van der Waals surface area (Å²) in [7, 11) is 1.74. The largest absolute Gasteiger partial charge is 0.389 e. The highest BCUT2D eigenvalue weighted by atomic mass is 35.5. The molecule has 0 atom stereocenters. The van der Waals surface area contributed by atoms with Crippen LogP contribution in [0.4, 0.5) is 15.8 Å². The Labute approximate surface area is 121 Å². The van der Waals surface area contributed by atoms with Crippen LogP contribution in [-0.4, -0.2) is 12.0 Å². The number of thiocarbonyl (C=S) groups is 1. The lowest BCUT2D eigenvalue weighted by Crippen LogP contribution is -2.18. The zero-order valence-corrected chi connectivity index (χ0v) is 11.8. The molecule has 0 unspecified atom stereocenters. The summed E-state index contributed by atoms with van der Waals surface area (Å²) in [5.41, 5.74) is 7.45. The molecule has 0 amide bonds. The van der Waals surface area contributed by atoms with E-state index in [-0.39, 0.29) is 10.8 Å². The molecule has 0 fully saturated rings. The smallest absolute Gasteiger partial charge is 0.146 e. The van der Waals surface area contributed by atoms with E-state index < -0.39 is 0 Å². The number of hydrogen-bond donors (Lipinski definition) is 1. The van der Waals surface area contributed by atoms with Gasteiger partial charge in [-0.15, -0.1) is 0 Å². The molecule has 0 saturated carbocycles. The van der Waals surface area contributed by atoms with E-state index in [1.807, 2.05) is 0 Å². The molecule has 2 rings (SSSR count). The van der Waals surface area contributed by atoms with Crippen molar-refractivity contribution in [2.75, 3.05) is 11.9 Å². The summed E-state index contributed by atoms with van der Waals surface area (Å²) in [6.07, 6.45) is 0. The van der Waals surface area contributed by atoms with Crippen LogP contribution in [0.15, 0.2) is 42.5 Å². The summed E-state index contributed by atoms with van der Waals surface area (Å²) in [5.74, 6) is -0.320. The lowest BCUT2D eigenvalue weighted by atomic mass is 10.1. The van der Waals surface area contributed by atoms with Crippen LogP contribution in [-0.2, 0) is 0 Å². The van der Waals surface area contributed by atoms with Crippen molar-refractivity contribution in [1.29, 1.82) is 0 Å². The molecule has 98 valence electrons. The molecule has 0 aliphatic carbocycles. The van der Waals surface area contributed by atoms with Crippen molar-refractivity contribution in [1.82, 2.24) is 0 Å². The number of hydrogen-bond acceptors (Lipinski definition) is 2. The molecule has 0 heterocycles. The summed E-state index contributed by atoms with van der Waals surface area (Å²) < 4.78 is 13.8. The normalized spacial score (nSPS) is 10.3. The van der Waals surface area contributed by atoms with Crippen molar-refractivity contribution >= 4 is 40.2 Å². The molecule has 19 heavy (non-hydrogen) atoms. The fraction of sp³-hybridized carbons (Fsp3) is 0.0714. The van der Waals surface area contributed by atoms with E-state index in [9.17, 15) is 4.39 Å². The molecule has 0 aromatic heterocycles. The Hall–Kier alpha value is -1.65. The van der Waals surface area contributed by atoms with Crippen LogP contribution in [0.1, 0.15) is 5.56 Å².